The van der Waals surface area contributed by atoms with Crippen molar-refractivity contribution in [2.75, 3.05) is 0 Å². The number of nitrogens with zero attached hydrogens (tertiary/aromatic N) is 3. The van der Waals surface area contributed by atoms with Crippen molar-refractivity contribution in [3.63, 3.8) is 0 Å². The van der Waals surface area contributed by atoms with Gasteiger partial charge >= 0.3 is 5.97 Å². The molecule has 0 aliphatic carbocycles. The number of rotatable bonds is 3. The van der Waals surface area contributed by atoms with Crippen LogP contribution in [0.2, 0.25) is 0 Å². The van der Waals surface area contributed by atoms with E-state index in [0.29, 0.717) is 11.2 Å². The van der Waals surface area contributed by atoms with Crippen molar-refractivity contribution in [3.05, 3.63) is 83.6 Å². The van der Waals surface area contributed by atoms with Gasteiger partial charge in [-0.15, -0.1) is 0 Å². The standard InChI is InChI=1S/C22H15N3O2/c1-14-2-6-16(7-3-14)20-21(17-8-4-15(12-23)5-9-17)25-13-18(22(26)27)10-11-19(25)24-20/h2-11,13H,1H3,(H,26,27). The maximum atomic E-state index is 11.4. The van der Waals surface area contributed by atoms with Crippen LogP contribution in [0.15, 0.2) is 66.9 Å². The topological polar surface area (TPSA) is 78.4 Å². The third-order valence-corrected chi connectivity index (χ3v) is 4.48. The van der Waals surface area contributed by atoms with Crippen molar-refractivity contribution in [2.45, 2.75) is 6.92 Å². The number of fused-ring (bicyclic) bond motifs is 1. The number of aryl methyl sites for hydroxylation is 1. The molecule has 5 heteroatoms. The van der Waals surface area contributed by atoms with Crippen LogP contribution in [0.5, 0.6) is 0 Å². The van der Waals surface area contributed by atoms with Crippen molar-refractivity contribution in [2.24, 2.45) is 0 Å². The number of carbonyl (C=O) groups is 1. The smallest absolute Gasteiger partial charge is 0.337 e. The third kappa shape index (κ3) is 2.94. The number of pyridine rings is 1. The zero-order valence-corrected chi connectivity index (χ0v) is 14.5. The molecule has 5 nitrogen and oxygen atoms in total. The number of carboxylic acids is 1. The Morgan fingerprint density at radius 2 is 1.67 bits per heavy atom. The highest BCUT2D eigenvalue weighted by atomic mass is 16.4. The fourth-order valence-electron chi connectivity index (χ4n) is 3.06. The molecule has 1 N–H and O–H groups in total. The van der Waals surface area contributed by atoms with Crippen LogP contribution in [0.25, 0.3) is 28.2 Å². The molecule has 27 heavy (non-hydrogen) atoms. The first-order valence-electron chi connectivity index (χ1n) is 8.40. The summed E-state index contributed by atoms with van der Waals surface area (Å²) in [6, 6.07) is 20.6. The second-order valence-corrected chi connectivity index (χ2v) is 6.32. The highest BCUT2D eigenvalue weighted by Crippen LogP contribution is 2.33. The monoisotopic (exact) mass is 353 g/mol. The molecule has 0 spiro atoms. The lowest BCUT2D eigenvalue weighted by Crippen LogP contribution is -1.99. The van der Waals surface area contributed by atoms with Gasteiger partial charge in [0.2, 0.25) is 0 Å². The second kappa shape index (κ2) is 6.43. The van der Waals surface area contributed by atoms with E-state index in [-0.39, 0.29) is 5.56 Å². The van der Waals surface area contributed by atoms with Gasteiger partial charge in [-0.2, -0.15) is 5.26 Å². The summed E-state index contributed by atoms with van der Waals surface area (Å²) >= 11 is 0. The van der Waals surface area contributed by atoms with Crippen molar-refractivity contribution in [1.29, 1.82) is 5.26 Å². The van der Waals surface area contributed by atoms with Gasteiger partial charge in [0.1, 0.15) is 5.65 Å². The minimum atomic E-state index is -0.992. The molecule has 2 aromatic heterocycles. The second-order valence-electron chi connectivity index (χ2n) is 6.32. The molecule has 0 saturated heterocycles. The fourth-order valence-corrected chi connectivity index (χ4v) is 3.06. The van der Waals surface area contributed by atoms with E-state index >= 15 is 0 Å². The molecule has 0 fully saturated rings. The van der Waals surface area contributed by atoms with Gasteiger partial charge in [-0.1, -0.05) is 42.0 Å². The molecule has 0 aliphatic rings. The maximum Gasteiger partial charge on any atom is 0.337 e. The number of aromatic carboxylic acids is 1. The quantitative estimate of drug-likeness (QED) is 0.586. The Morgan fingerprint density at radius 1 is 1.00 bits per heavy atom. The molecule has 0 aliphatic heterocycles. The Morgan fingerprint density at radius 3 is 2.30 bits per heavy atom. The van der Waals surface area contributed by atoms with Gasteiger partial charge in [-0.3, -0.25) is 4.40 Å². The van der Waals surface area contributed by atoms with Gasteiger partial charge in [-0.05, 0) is 31.2 Å². The lowest BCUT2D eigenvalue weighted by molar-refractivity contribution is 0.0696. The molecule has 0 radical (unpaired) electrons. The molecular weight excluding hydrogens is 338 g/mol. The molecule has 0 atom stereocenters. The molecule has 130 valence electrons. The molecule has 0 saturated carbocycles. The summed E-state index contributed by atoms with van der Waals surface area (Å²) in [7, 11) is 0. The van der Waals surface area contributed by atoms with E-state index in [1.54, 1.807) is 34.9 Å². The average Bonchev–Trinajstić information content (AvgIpc) is 3.07. The highest BCUT2D eigenvalue weighted by molar-refractivity contribution is 5.89. The zero-order valence-electron chi connectivity index (χ0n) is 14.5. The number of benzene rings is 2. The zero-order chi connectivity index (χ0) is 19.0. The Bertz CT molecular complexity index is 1200. The number of imidazole rings is 1. The molecule has 4 rings (SSSR count). The summed E-state index contributed by atoms with van der Waals surface area (Å²) in [5.74, 6) is -0.992. The minimum absolute atomic E-state index is 0.185. The molecule has 0 unspecified atom stereocenters. The number of carboxylic acid groups (broad SMARTS) is 1. The average molecular weight is 353 g/mol. The summed E-state index contributed by atoms with van der Waals surface area (Å²) in [5.41, 5.74) is 5.93. The van der Waals surface area contributed by atoms with Crippen molar-refractivity contribution < 1.29 is 9.90 Å². The third-order valence-electron chi connectivity index (χ3n) is 4.48. The number of nitriles is 1. The van der Waals surface area contributed by atoms with Gasteiger partial charge in [0.05, 0.1) is 28.6 Å². The van der Waals surface area contributed by atoms with E-state index < -0.39 is 5.97 Å². The number of aromatic nitrogens is 2. The van der Waals surface area contributed by atoms with Gasteiger partial charge in [0.25, 0.3) is 0 Å². The van der Waals surface area contributed by atoms with E-state index in [4.69, 9.17) is 10.2 Å². The lowest BCUT2D eigenvalue weighted by atomic mass is 10.0. The Hall–Kier alpha value is -3.91. The largest absolute Gasteiger partial charge is 0.478 e. The number of hydrogen-bond donors (Lipinski definition) is 1. The first-order chi connectivity index (χ1) is 13.1. The summed E-state index contributed by atoms with van der Waals surface area (Å²) in [6.45, 7) is 2.02. The first kappa shape index (κ1) is 16.6. The summed E-state index contributed by atoms with van der Waals surface area (Å²) in [6.07, 6.45) is 1.58. The molecule has 2 aromatic carbocycles. The fraction of sp³-hybridized carbons (Fsp3) is 0.0455. The minimum Gasteiger partial charge on any atom is -0.478 e. The van der Waals surface area contributed by atoms with Crippen LogP contribution in [0, 0.1) is 18.3 Å². The van der Waals surface area contributed by atoms with E-state index in [9.17, 15) is 9.90 Å². The van der Waals surface area contributed by atoms with E-state index in [1.165, 1.54) is 0 Å². The summed E-state index contributed by atoms with van der Waals surface area (Å²) in [4.78, 5) is 16.2. The van der Waals surface area contributed by atoms with Crippen molar-refractivity contribution in [3.8, 4) is 28.6 Å². The van der Waals surface area contributed by atoms with Crippen LogP contribution in [-0.2, 0) is 0 Å². The van der Waals surface area contributed by atoms with E-state index in [1.807, 2.05) is 43.3 Å². The Kier molecular flexibility index (Phi) is 3.94. The lowest BCUT2D eigenvalue weighted by Gasteiger charge is -2.07. The maximum absolute atomic E-state index is 11.4. The van der Waals surface area contributed by atoms with Crippen molar-refractivity contribution in [1.82, 2.24) is 9.38 Å². The molecular formula is C22H15N3O2. The van der Waals surface area contributed by atoms with Gasteiger partial charge in [0, 0.05) is 17.3 Å². The van der Waals surface area contributed by atoms with E-state index in [0.717, 1.165) is 28.1 Å². The Labute approximate surface area is 155 Å². The normalized spacial score (nSPS) is 10.7. The van der Waals surface area contributed by atoms with Crippen LogP contribution < -0.4 is 0 Å². The number of hydrogen-bond acceptors (Lipinski definition) is 3. The van der Waals surface area contributed by atoms with Crippen molar-refractivity contribution >= 4 is 11.6 Å². The van der Waals surface area contributed by atoms with Crippen LogP contribution in [0.3, 0.4) is 0 Å². The summed E-state index contributed by atoms with van der Waals surface area (Å²) < 4.78 is 1.79. The summed E-state index contributed by atoms with van der Waals surface area (Å²) in [5, 5.41) is 18.4. The SMILES string of the molecule is Cc1ccc(-c2nc3ccc(C(=O)O)cn3c2-c2ccc(C#N)cc2)cc1. The van der Waals surface area contributed by atoms with Gasteiger partial charge in [-0.25, -0.2) is 9.78 Å². The van der Waals surface area contributed by atoms with Crippen LogP contribution in [0.4, 0.5) is 0 Å². The molecule has 4 aromatic rings. The Balaban J connectivity index is 2.02. The van der Waals surface area contributed by atoms with Crippen LogP contribution in [0.1, 0.15) is 21.5 Å². The molecule has 0 bridgehead atoms. The first-order valence-corrected chi connectivity index (χ1v) is 8.40. The molecule has 0 amide bonds. The predicted octanol–water partition coefficient (Wildman–Crippen LogP) is 4.55. The molecule has 2 heterocycles. The van der Waals surface area contributed by atoms with Crippen LogP contribution >= 0.6 is 0 Å². The van der Waals surface area contributed by atoms with Gasteiger partial charge < -0.3 is 5.11 Å². The van der Waals surface area contributed by atoms with Gasteiger partial charge in [0.15, 0.2) is 0 Å². The highest BCUT2D eigenvalue weighted by Gasteiger charge is 2.17. The van der Waals surface area contributed by atoms with Crippen LogP contribution in [-0.4, -0.2) is 20.5 Å². The predicted molar refractivity (Wildman–Crippen MR) is 102 cm³/mol. The van der Waals surface area contributed by atoms with E-state index in [2.05, 4.69) is 6.07 Å².